The fourth-order valence-electron chi connectivity index (χ4n) is 2.99. The van der Waals surface area contributed by atoms with Crippen molar-refractivity contribution >= 4 is 40.6 Å². The average molecular weight is 425 g/mol. The molecule has 2 amide bonds. The molecular formula is C20H19N5O4S. The predicted octanol–water partition coefficient (Wildman–Crippen LogP) is 2.81. The van der Waals surface area contributed by atoms with Crippen molar-refractivity contribution in [3.63, 3.8) is 0 Å². The van der Waals surface area contributed by atoms with Crippen LogP contribution in [0.25, 0.3) is 0 Å². The number of thioether (sulfide) groups is 1. The minimum atomic E-state index is -0.593. The van der Waals surface area contributed by atoms with Gasteiger partial charge in [-0.25, -0.2) is 0 Å². The van der Waals surface area contributed by atoms with E-state index in [4.69, 9.17) is 5.26 Å². The molecule has 0 aliphatic carbocycles. The molecule has 0 aromatic heterocycles. The Morgan fingerprint density at radius 1 is 1.23 bits per heavy atom. The summed E-state index contributed by atoms with van der Waals surface area (Å²) in [6.45, 7) is 0.217. The van der Waals surface area contributed by atoms with Crippen LogP contribution < -0.4 is 10.6 Å². The first kappa shape index (κ1) is 21.1. The molecule has 9 nitrogen and oxygen atoms in total. The van der Waals surface area contributed by atoms with Gasteiger partial charge < -0.3 is 15.5 Å². The number of nitro benzene ring substituents is 1. The molecule has 0 bridgehead atoms. The number of benzene rings is 2. The lowest BCUT2D eigenvalue weighted by Crippen LogP contribution is -2.44. The first-order valence-electron chi connectivity index (χ1n) is 9.15. The topological polar surface area (TPSA) is 128 Å². The maximum atomic E-state index is 12.6. The van der Waals surface area contributed by atoms with E-state index in [1.807, 2.05) is 6.07 Å². The van der Waals surface area contributed by atoms with Gasteiger partial charge in [0.1, 0.15) is 11.7 Å². The Morgan fingerprint density at radius 3 is 2.67 bits per heavy atom. The van der Waals surface area contributed by atoms with Crippen molar-refractivity contribution in [3.05, 3.63) is 64.2 Å². The van der Waals surface area contributed by atoms with E-state index in [1.165, 1.54) is 22.7 Å². The van der Waals surface area contributed by atoms with Crippen molar-refractivity contribution in [2.24, 2.45) is 0 Å². The molecule has 10 heteroatoms. The summed E-state index contributed by atoms with van der Waals surface area (Å²) in [6, 6.07) is 14.1. The van der Waals surface area contributed by atoms with Crippen molar-refractivity contribution in [2.45, 2.75) is 12.5 Å². The number of amides is 2. The van der Waals surface area contributed by atoms with E-state index in [1.54, 1.807) is 42.5 Å². The molecule has 0 saturated carbocycles. The van der Waals surface area contributed by atoms with Crippen LogP contribution in [-0.2, 0) is 9.59 Å². The summed E-state index contributed by atoms with van der Waals surface area (Å²) in [4.78, 5) is 37.3. The molecule has 1 aliphatic heterocycles. The quantitative estimate of drug-likeness (QED) is 0.515. The number of carbonyl (C=O) groups excluding carboxylic acids is 2. The number of hydrogen-bond donors (Lipinski definition) is 2. The van der Waals surface area contributed by atoms with E-state index >= 15 is 0 Å². The highest BCUT2D eigenvalue weighted by atomic mass is 32.2. The van der Waals surface area contributed by atoms with Crippen LogP contribution in [0.1, 0.15) is 12.0 Å². The number of nitrogens with zero attached hydrogens (tertiary/aromatic N) is 3. The van der Waals surface area contributed by atoms with Gasteiger partial charge >= 0.3 is 0 Å². The molecule has 2 N–H and O–H groups in total. The van der Waals surface area contributed by atoms with Crippen LogP contribution in [-0.4, -0.2) is 45.9 Å². The second-order valence-electron chi connectivity index (χ2n) is 6.51. The molecule has 3 rings (SSSR count). The molecule has 2 aromatic carbocycles. The van der Waals surface area contributed by atoms with Crippen LogP contribution in [0.3, 0.4) is 0 Å². The molecule has 30 heavy (non-hydrogen) atoms. The van der Waals surface area contributed by atoms with Crippen LogP contribution in [0.5, 0.6) is 0 Å². The second-order valence-corrected chi connectivity index (χ2v) is 7.51. The molecule has 154 valence electrons. The SMILES string of the molecule is N#Cc1ccc(NC(=O)C2CSCN2C(=O)CCNc2ccccc2[N+](=O)[O-])cc1. The summed E-state index contributed by atoms with van der Waals surface area (Å²) in [7, 11) is 0. The summed E-state index contributed by atoms with van der Waals surface area (Å²) in [5.74, 6) is 0.414. The Morgan fingerprint density at radius 2 is 1.97 bits per heavy atom. The molecule has 1 atom stereocenters. The molecule has 0 radical (unpaired) electrons. The largest absolute Gasteiger partial charge is 0.379 e. The van der Waals surface area contributed by atoms with Crippen LogP contribution >= 0.6 is 11.8 Å². The maximum Gasteiger partial charge on any atom is 0.292 e. The Hall–Kier alpha value is -3.58. The highest BCUT2D eigenvalue weighted by Crippen LogP contribution is 2.25. The number of nitriles is 1. The number of nitro groups is 1. The molecular weight excluding hydrogens is 406 g/mol. The van der Waals surface area contributed by atoms with Gasteiger partial charge in [-0.3, -0.25) is 19.7 Å². The third-order valence-electron chi connectivity index (χ3n) is 4.54. The fraction of sp³-hybridized carbons (Fsp3) is 0.250. The van der Waals surface area contributed by atoms with Crippen LogP contribution in [0, 0.1) is 21.4 Å². The Balaban J connectivity index is 1.55. The van der Waals surface area contributed by atoms with Gasteiger partial charge in [-0.15, -0.1) is 11.8 Å². The summed E-state index contributed by atoms with van der Waals surface area (Å²) in [5.41, 5.74) is 1.34. The highest BCUT2D eigenvalue weighted by molar-refractivity contribution is 7.99. The Bertz CT molecular complexity index is 989. The van der Waals surface area contributed by atoms with E-state index in [-0.39, 0.29) is 30.5 Å². The summed E-state index contributed by atoms with van der Waals surface area (Å²) in [5, 5.41) is 25.6. The van der Waals surface area contributed by atoms with Crippen molar-refractivity contribution in [2.75, 3.05) is 28.8 Å². The summed E-state index contributed by atoms with van der Waals surface area (Å²) in [6.07, 6.45) is 0.104. The van der Waals surface area contributed by atoms with Gasteiger partial charge in [0, 0.05) is 30.5 Å². The number of rotatable bonds is 7. The Labute approximate surface area is 177 Å². The molecule has 1 unspecified atom stereocenters. The Kier molecular flexibility index (Phi) is 6.87. The van der Waals surface area contributed by atoms with E-state index in [2.05, 4.69) is 10.6 Å². The lowest BCUT2D eigenvalue weighted by molar-refractivity contribution is -0.384. The zero-order valence-electron chi connectivity index (χ0n) is 15.9. The molecule has 1 fully saturated rings. The standard InChI is InChI=1S/C20H19N5O4S/c21-11-14-5-7-15(8-6-14)23-20(27)18-12-30-13-24(18)19(26)9-10-22-16-3-1-2-4-17(16)25(28)29/h1-8,18,22H,9-10,12-13H2,(H,23,27). The highest BCUT2D eigenvalue weighted by Gasteiger charge is 2.34. The number of para-hydroxylation sites is 2. The predicted molar refractivity (Wildman–Crippen MR) is 114 cm³/mol. The van der Waals surface area contributed by atoms with Gasteiger partial charge in [0.15, 0.2) is 0 Å². The lowest BCUT2D eigenvalue weighted by Gasteiger charge is -2.23. The van der Waals surface area contributed by atoms with Gasteiger partial charge in [0.05, 0.1) is 22.4 Å². The normalized spacial score (nSPS) is 15.3. The molecule has 1 aliphatic rings. The van der Waals surface area contributed by atoms with Gasteiger partial charge in [-0.1, -0.05) is 12.1 Å². The maximum absolute atomic E-state index is 12.6. The smallest absolute Gasteiger partial charge is 0.292 e. The minimum absolute atomic E-state index is 0.0543. The van der Waals surface area contributed by atoms with Gasteiger partial charge in [0.2, 0.25) is 11.8 Å². The van der Waals surface area contributed by atoms with Crippen molar-refractivity contribution in [1.82, 2.24) is 4.90 Å². The van der Waals surface area contributed by atoms with Crippen LogP contribution in [0.4, 0.5) is 17.1 Å². The van der Waals surface area contributed by atoms with Crippen molar-refractivity contribution < 1.29 is 14.5 Å². The molecule has 0 spiro atoms. The van der Waals surface area contributed by atoms with E-state index < -0.39 is 11.0 Å². The van der Waals surface area contributed by atoms with E-state index in [0.717, 1.165) is 0 Å². The first-order chi connectivity index (χ1) is 14.5. The number of anilines is 2. The van der Waals surface area contributed by atoms with Crippen LogP contribution in [0.2, 0.25) is 0 Å². The zero-order chi connectivity index (χ0) is 21.5. The first-order valence-corrected chi connectivity index (χ1v) is 10.3. The minimum Gasteiger partial charge on any atom is -0.379 e. The summed E-state index contributed by atoms with van der Waals surface area (Å²) < 4.78 is 0. The lowest BCUT2D eigenvalue weighted by atomic mass is 10.2. The van der Waals surface area contributed by atoms with Crippen molar-refractivity contribution in [1.29, 1.82) is 5.26 Å². The number of carbonyl (C=O) groups is 2. The van der Waals surface area contributed by atoms with Gasteiger partial charge in [-0.2, -0.15) is 5.26 Å². The third kappa shape index (κ3) is 5.07. The number of hydrogen-bond acceptors (Lipinski definition) is 7. The molecule has 1 saturated heterocycles. The average Bonchev–Trinajstić information content (AvgIpc) is 3.25. The molecule has 2 aromatic rings. The second kappa shape index (κ2) is 9.76. The van der Waals surface area contributed by atoms with E-state index in [0.29, 0.717) is 28.6 Å². The summed E-state index contributed by atoms with van der Waals surface area (Å²) >= 11 is 1.49. The molecule has 1 heterocycles. The monoisotopic (exact) mass is 425 g/mol. The van der Waals surface area contributed by atoms with Crippen molar-refractivity contribution in [3.8, 4) is 6.07 Å². The zero-order valence-corrected chi connectivity index (χ0v) is 16.7. The fourth-order valence-corrected chi connectivity index (χ4v) is 4.17. The van der Waals surface area contributed by atoms with E-state index in [9.17, 15) is 19.7 Å². The third-order valence-corrected chi connectivity index (χ3v) is 5.55. The van der Waals surface area contributed by atoms with Gasteiger partial charge in [0.25, 0.3) is 5.69 Å². The van der Waals surface area contributed by atoms with Gasteiger partial charge in [-0.05, 0) is 30.3 Å². The van der Waals surface area contributed by atoms with Crippen LogP contribution in [0.15, 0.2) is 48.5 Å². The number of nitrogens with one attached hydrogen (secondary N) is 2.